The number of ether oxygens (including phenoxy) is 1. The second-order valence-corrected chi connectivity index (χ2v) is 6.06. The maximum Gasteiger partial charge on any atom is 0.214 e. The van der Waals surface area contributed by atoms with Gasteiger partial charge in [0, 0.05) is 23.7 Å². The van der Waals surface area contributed by atoms with Crippen molar-refractivity contribution in [2.75, 3.05) is 0 Å². The zero-order chi connectivity index (χ0) is 17.1. The van der Waals surface area contributed by atoms with Crippen LogP contribution in [-0.4, -0.2) is 15.6 Å². The minimum absolute atomic E-state index is 0.268. The molecule has 0 N–H and O–H groups in total. The Morgan fingerprint density at radius 2 is 1.88 bits per heavy atom. The molecule has 1 heterocycles. The van der Waals surface area contributed by atoms with Gasteiger partial charge in [0.2, 0.25) is 11.7 Å². The van der Waals surface area contributed by atoms with Gasteiger partial charge in [-0.1, -0.05) is 53.5 Å². The van der Waals surface area contributed by atoms with Gasteiger partial charge in [0.1, 0.15) is 12.3 Å². The topological polar surface area (TPSA) is 44.1 Å². The van der Waals surface area contributed by atoms with Crippen LogP contribution < -0.4 is 4.74 Å². The Bertz CT molecular complexity index is 876. The number of ketones is 1. The predicted molar refractivity (Wildman–Crippen MR) is 93.9 cm³/mol. The van der Waals surface area contributed by atoms with Gasteiger partial charge in [0.25, 0.3) is 0 Å². The predicted octanol–water partition coefficient (Wildman–Crippen LogP) is 4.54. The van der Waals surface area contributed by atoms with E-state index in [1.165, 1.54) is 10.7 Å². The monoisotopic (exact) mass is 360 g/mol. The van der Waals surface area contributed by atoms with Crippen LogP contribution in [0.5, 0.6) is 5.88 Å². The van der Waals surface area contributed by atoms with Crippen molar-refractivity contribution in [2.24, 2.45) is 7.05 Å². The third kappa shape index (κ3) is 3.61. The van der Waals surface area contributed by atoms with Crippen LogP contribution in [0.4, 0.5) is 0 Å². The van der Waals surface area contributed by atoms with E-state index in [0.29, 0.717) is 28.1 Å². The van der Waals surface area contributed by atoms with Crippen LogP contribution >= 0.6 is 23.2 Å². The molecular formula is C18H14Cl2N2O2. The third-order valence-electron chi connectivity index (χ3n) is 3.47. The van der Waals surface area contributed by atoms with Crippen molar-refractivity contribution >= 4 is 29.0 Å². The number of rotatable bonds is 5. The van der Waals surface area contributed by atoms with Gasteiger partial charge in [0.15, 0.2) is 0 Å². The summed E-state index contributed by atoms with van der Waals surface area (Å²) in [7, 11) is 1.72. The molecule has 0 atom stereocenters. The number of halogens is 2. The van der Waals surface area contributed by atoms with E-state index < -0.39 is 0 Å². The second-order valence-electron chi connectivity index (χ2n) is 5.22. The maximum atomic E-state index is 12.6. The number of nitrogens with zero attached hydrogens (tertiary/aromatic N) is 2. The highest BCUT2D eigenvalue weighted by molar-refractivity contribution is 6.37. The Hall–Kier alpha value is -2.30. The minimum Gasteiger partial charge on any atom is -0.473 e. The largest absolute Gasteiger partial charge is 0.473 e. The van der Waals surface area contributed by atoms with E-state index in [4.69, 9.17) is 27.9 Å². The lowest BCUT2D eigenvalue weighted by atomic mass is 10.1. The van der Waals surface area contributed by atoms with Crippen molar-refractivity contribution in [1.29, 1.82) is 0 Å². The number of hydrogen-bond acceptors (Lipinski definition) is 3. The Morgan fingerprint density at radius 1 is 1.12 bits per heavy atom. The number of carbonyl (C=O) groups is 1. The van der Waals surface area contributed by atoms with Gasteiger partial charge >= 0.3 is 0 Å². The molecule has 0 bridgehead atoms. The fourth-order valence-corrected chi connectivity index (χ4v) is 2.73. The summed E-state index contributed by atoms with van der Waals surface area (Å²) in [5, 5.41) is 4.99. The van der Waals surface area contributed by atoms with E-state index in [1.807, 2.05) is 30.3 Å². The fraction of sp³-hybridized carbons (Fsp3) is 0.111. The van der Waals surface area contributed by atoms with Gasteiger partial charge in [-0.15, -0.1) is 0 Å². The van der Waals surface area contributed by atoms with Gasteiger partial charge in [0.05, 0.1) is 5.02 Å². The SMILES string of the molecule is Cn1nc(C(=O)c2ccc(Cl)cc2Cl)cc1OCc1ccccc1. The van der Waals surface area contributed by atoms with Crippen molar-refractivity contribution in [1.82, 2.24) is 9.78 Å². The first-order valence-electron chi connectivity index (χ1n) is 7.25. The highest BCUT2D eigenvalue weighted by Crippen LogP contribution is 2.24. The number of hydrogen-bond donors (Lipinski definition) is 0. The molecule has 0 saturated heterocycles. The lowest BCUT2D eigenvalue weighted by Gasteiger charge is -2.05. The molecule has 2 aromatic carbocycles. The van der Waals surface area contributed by atoms with Crippen molar-refractivity contribution in [3.8, 4) is 5.88 Å². The van der Waals surface area contributed by atoms with Crippen LogP contribution in [0.25, 0.3) is 0 Å². The van der Waals surface area contributed by atoms with Gasteiger partial charge < -0.3 is 4.74 Å². The molecule has 0 amide bonds. The average Bonchev–Trinajstić information content (AvgIpc) is 2.94. The summed E-state index contributed by atoms with van der Waals surface area (Å²) >= 11 is 12.0. The molecule has 0 saturated carbocycles. The lowest BCUT2D eigenvalue weighted by Crippen LogP contribution is -2.04. The summed E-state index contributed by atoms with van der Waals surface area (Å²) < 4.78 is 7.26. The van der Waals surface area contributed by atoms with Crippen molar-refractivity contribution in [3.05, 3.63) is 81.5 Å². The molecule has 122 valence electrons. The van der Waals surface area contributed by atoms with E-state index in [-0.39, 0.29) is 11.5 Å². The zero-order valence-corrected chi connectivity index (χ0v) is 14.4. The van der Waals surface area contributed by atoms with Crippen LogP contribution in [-0.2, 0) is 13.7 Å². The second kappa shape index (κ2) is 7.07. The van der Waals surface area contributed by atoms with Crippen LogP contribution in [0.3, 0.4) is 0 Å². The highest BCUT2D eigenvalue weighted by Gasteiger charge is 2.18. The molecule has 0 fully saturated rings. The number of benzene rings is 2. The molecular weight excluding hydrogens is 347 g/mol. The summed E-state index contributed by atoms with van der Waals surface area (Å²) in [6.45, 7) is 0.399. The number of aromatic nitrogens is 2. The first-order valence-corrected chi connectivity index (χ1v) is 8.00. The molecule has 4 nitrogen and oxygen atoms in total. The summed E-state index contributed by atoms with van der Waals surface area (Å²) in [5.41, 5.74) is 1.66. The van der Waals surface area contributed by atoms with E-state index in [0.717, 1.165) is 5.56 Å². The molecule has 0 aliphatic rings. The number of aryl methyl sites for hydroxylation is 1. The van der Waals surface area contributed by atoms with Gasteiger partial charge in [-0.05, 0) is 23.8 Å². The van der Waals surface area contributed by atoms with E-state index in [2.05, 4.69) is 5.10 Å². The lowest BCUT2D eigenvalue weighted by molar-refractivity contribution is 0.103. The van der Waals surface area contributed by atoms with Crippen molar-refractivity contribution in [2.45, 2.75) is 6.61 Å². The molecule has 3 aromatic rings. The number of carbonyl (C=O) groups excluding carboxylic acids is 1. The molecule has 0 aliphatic heterocycles. The van der Waals surface area contributed by atoms with Crippen LogP contribution in [0, 0.1) is 0 Å². The van der Waals surface area contributed by atoms with Crippen LogP contribution in [0.15, 0.2) is 54.6 Å². The fourth-order valence-electron chi connectivity index (χ4n) is 2.24. The Kier molecular flexibility index (Phi) is 4.88. The zero-order valence-electron chi connectivity index (χ0n) is 12.9. The molecule has 1 aromatic heterocycles. The first-order chi connectivity index (χ1) is 11.5. The molecule has 0 radical (unpaired) electrons. The molecule has 3 rings (SSSR count). The third-order valence-corrected chi connectivity index (χ3v) is 4.02. The standard InChI is InChI=1S/C18H14Cl2N2O2/c1-22-17(24-11-12-5-3-2-4-6-12)10-16(21-22)18(23)14-8-7-13(19)9-15(14)20/h2-10H,11H2,1H3. The average molecular weight is 361 g/mol. The summed E-state index contributed by atoms with van der Waals surface area (Å²) in [5.74, 6) is 0.231. The smallest absolute Gasteiger partial charge is 0.214 e. The summed E-state index contributed by atoms with van der Waals surface area (Å²) in [6, 6.07) is 16.1. The van der Waals surface area contributed by atoms with Crippen LogP contribution in [0.1, 0.15) is 21.6 Å². The van der Waals surface area contributed by atoms with Crippen molar-refractivity contribution < 1.29 is 9.53 Å². The normalized spacial score (nSPS) is 10.6. The molecule has 0 unspecified atom stereocenters. The Morgan fingerprint density at radius 3 is 2.58 bits per heavy atom. The minimum atomic E-state index is -0.276. The molecule has 24 heavy (non-hydrogen) atoms. The highest BCUT2D eigenvalue weighted by atomic mass is 35.5. The Balaban J connectivity index is 1.79. The summed E-state index contributed by atoms with van der Waals surface area (Å²) in [4.78, 5) is 12.6. The molecule has 0 spiro atoms. The maximum absolute atomic E-state index is 12.6. The molecule has 6 heteroatoms. The van der Waals surface area contributed by atoms with E-state index in [9.17, 15) is 4.79 Å². The van der Waals surface area contributed by atoms with Gasteiger partial charge in [-0.3, -0.25) is 4.79 Å². The Labute approximate surface area is 149 Å². The first kappa shape index (κ1) is 16.6. The quantitative estimate of drug-likeness (QED) is 0.627. The van der Waals surface area contributed by atoms with Gasteiger partial charge in [-0.2, -0.15) is 5.10 Å². The van der Waals surface area contributed by atoms with Crippen molar-refractivity contribution in [3.63, 3.8) is 0 Å². The van der Waals surface area contributed by atoms with Crippen LogP contribution in [0.2, 0.25) is 10.0 Å². The van der Waals surface area contributed by atoms with Gasteiger partial charge in [-0.25, -0.2) is 4.68 Å². The van der Waals surface area contributed by atoms with E-state index in [1.54, 1.807) is 25.2 Å². The molecule has 0 aliphatic carbocycles. The van der Waals surface area contributed by atoms with E-state index >= 15 is 0 Å². The summed E-state index contributed by atoms with van der Waals surface area (Å²) in [6.07, 6.45) is 0.